The second kappa shape index (κ2) is 10.7. The first-order chi connectivity index (χ1) is 11.7. The van der Waals surface area contributed by atoms with Crippen molar-refractivity contribution in [1.29, 1.82) is 5.26 Å². The molecule has 0 saturated carbocycles. The minimum absolute atomic E-state index is 0.0471. The third-order valence-corrected chi connectivity index (χ3v) is 3.07. The molecular formula is C19H22N2O3. The van der Waals surface area contributed by atoms with Crippen LogP contribution in [0.3, 0.4) is 0 Å². The normalized spacial score (nSPS) is 10.4. The Bertz CT molecular complexity index is 666. The van der Waals surface area contributed by atoms with Gasteiger partial charge < -0.3 is 14.8 Å². The van der Waals surface area contributed by atoms with E-state index in [1.54, 1.807) is 18.2 Å². The van der Waals surface area contributed by atoms with E-state index in [0.717, 1.165) is 12.8 Å². The molecule has 0 aliphatic heterocycles. The van der Waals surface area contributed by atoms with Crippen molar-refractivity contribution >= 4 is 12.0 Å². The van der Waals surface area contributed by atoms with E-state index in [1.165, 1.54) is 6.08 Å². The van der Waals surface area contributed by atoms with Gasteiger partial charge in [0.15, 0.2) is 11.5 Å². The molecule has 1 aromatic rings. The number of carbonyl (C=O) groups is 1. The number of ether oxygens (including phenoxy) is 2. The second-order valence-corrected chi connectivity index (χ2v) is 4.91. The summed E-state index contributed by atoms with van der Waals surface area (Å²) in [5, 5.41) is 11.9. The molecule has 0 radical (unpaired) electrons. The molecule has 0 saturated heterocycles. The van der Waals surface area contributed by atoms with Crippen molar-refractivity contribution in [3.8, 4) is 29.9 Å². The largest absolute Gasteiger partial charge is 0.490 e. The molecule has 1 amide bonds. The number of carbonyl (C=O) groups excluding carboxylic acids is 1. The van der Waals surface area contributed by atoms with Gasteiger partial charge in [0.2, 0.25) is 0 Å². The monoisotopic (exact) mass is 326 g/mol. The summed E-state index contributed by atoms with van der Waals surface area (Å²) in [7, 11) is 0. The van der Waals surface area contributed by atoms with Crippen LogP contribution in [0.2, 0.25) is 0 Å². The van der Waals surface area contributed by atoms with Gasteiger partial charge in [-0.2, -0.15) is 5.26 Å². The Kier molecular flexibility index (Phi) is 8.57. The first-order valence-electron chi connectivity index (χ1n) is 7.89. The minimum atomic E-state index is -0.378. The van der Waals surface area contributed by atoms with Crippen LogP contribution in [0.1, 0.15) is 32.3 Å². The lowest BCUT2D eigenvalue weighted by atomic mass is 10.1. The van der Waals surface area contributed by atoms with E-state index in [0.29, 0.717) is 30.2 Å². The zero-order chi connectivity index (χ0) is 17.8. The number of amides is 1. The molecule has 0 heterocycles. The number of nitrogens with zero attached hydrogens (tertiary/aromatic N) is 1. The summed E-state index contributed by atoms with van der Waals surface area (Å²) in [6.07, 6.45) is 8.56. The molecule has 5 heteroatoms. The quantitative estimate of drug-likeness (QED) is 0.328. The maximum atomic E-state index is 12.0. The van der Waals surface area contributed by atoms with Gasteiger partial charge in [-0.05, 0) is 37.1 Å². The summed E-state index contributed by atoms with van der Waals surface area (Å²) in [6.45, 7) is 5.04. The molecule has 0 fully saturated rings. The topological polar surface area (TPSA) is 71.3 Å². The summed E-state index contributed by atoms with van der Waals surface area (Å²) in [5.41, 5.74) is 0.722. The van der Waals surface area contributed by atoms with Gasteiger partial charge in [0.25, 0.3) is 5.91 Å². The van der Waals surface area contributed by atoms with Crippen LogP contribution in [0.4, 0.5) is 0 Å². The number of unbranched alkanes of at least 4 members (excludes halogenated alkanes) is 1. The first kappa shape index (κ1) is 19.1. The fraction of sp³-hybridized carbons (Fsp3) is 0.368. The summed E-state index contributed by atoms with van der Waals surface area (Å²) in [4.78, 5) is 12.0. The molecule has 1 rings (SSSR count). The first-order valence-corrected chi connectivity index (χ1v) is 7.89. The van der Waals surface area contributed by atoms with Gasteiger partial charge in [0, 0.05) is 6.54 Å². The maximum absolute atomic E-state index is 12.0. The van der Waals surface area contributed by atoms with Crippen LogP contribution < -0.4 is 14.8 Å². The lowest BCUT2D eigenvalue weighted by Gasteiger charge is -2.11. The summed E-state index contributed by atoms with van der Waals surface area (Å²) >= 11 is 0. The van der Waals surface area contributed by atoms with Crippen molar-refractivity contribution in [2.24, 2.45) is 0 Å². The molecule has 0 atom stereocenters. The number of hydrogen-bond acceptors (Lipinski definition) is 4. The molecule has 1 N–H and O–H groups in total. The van der Waals surface area contributed by atoms with E-state index in [-0.39, 0.29) is 18.1 Å². The molecule has 1 aromatic carbocycles. The van der Waals surface area contributed by atoms with Crippen molar-refractivity contribution in [3.05, 3.63) is 29.3 Å². The van der Waals surface area contributed by atoms with Crippen LogP contribution in [-0.4, -0.2) is 25.7 Å². The van der Waals surface area contributed by atoms with E-state index < -0.39 is 0 Å². The van der Waals surface area contributed by atoms with Crippen LogP contribution in [0.15, 0.2) is 23.8 Å². The highest BCUT2D eigenvalue weighted by Crippen LogP contribution is 2.29. The van der Waals surface area contributed by atoms with E-state index in [9.17, 15) is 10.1 Å². The molecule has 0 bridgehead atoms. The number of terminal acetylenes is 1. The Labute approximate surface area is 143 Å². The molecule has 0 unspecified atom stereocenters. The molecular weight excluding hydrogens is 304 g/mol. The summed E-state index contributed by atoms with van der Waals surface area (Å²) in [5.74, 6) is 3.06. The van der Waals surface area contributed by atoms with E-state index in [4.69, 9.17) is 15.9 Å². The van der Waals surface area contributed by atoms with Gasteiger partial charge in [-0.3, -0.25) is 4.79 Å². The predicted octanol–water partition coefficient (Wildman–Crippen LogP) is 2.92. The standard InChI is InChI=1S/C19H22N2O3/c1-4-7-10-21-19(22)16(14-20)12-15-8-9-17(24-11-5-2)18(13-15)23-6-3/h2,8-9,12-13H,4,6-7,10-11H2,1,3H3,(H,21,22). The summed E-state index contributed by atoms with van der Waals surface area (Å²) in [6, 6.07) is 7.09. The van der Waals surface area contributed by atoms with Gasteiger partial charge in [-0.1, -0.05) is 25.3 Å². The Hall–Kier alpha value is -2.92. The van der Waals surface area contributed by atoms with Gasteiger partial charge in [0.05, 0.1) is 6.61 Å². The maximum Gasteiger partial charge on any atom is 0.261 e. The van der Waals surface area contributed by atoms with Crippen molar-refractivity contribution in [2.75, 3.05) is 19.8 Å². The molecule has 0 aromatic heterocycles. The Balaban J connectivity index is 2.98. The van der Waals surface area contributed by atoms with Crippen molar-refractivity contribution in [1.82, 2.24) is 5.32 Å². The zero-order valence-corrected chi connectivity index (χ0v) is 14.1. The summed E-state index contributed by atoms with van der Waals surface area (Å²) < 4.78 is 10.9. The molecule has 24 heavy (non-hydrogen) atoms. The number of hydrogen-bond donors (Lipinski definition) is 1. The molecule has 126 valence electrons. The van der Waals surface area contributed by atoms with E-state index in [2.05, 4.69) is 11.2 Å². The van der Waals surface area contributed by atoms with Crippen LogP contribution in [0.5, 0.6) is 11.5 Å². The highest BCUT2D eigenvalue weighted by atomic mass is 16.5. The van der Waals surface area contributed by atoms with E-state index in [1.807, 2.05) is 19.9 Å². The average Bonchev–Trinajstić information content (AvgIpc) is 2.59. The van der Waals surface area contributed by atoms with Crippen molar-refractivity contribution in [3.63, 3.8) is 0 Å². The SMILES string of the molecule is C#CCOc1ccc(C=C(C#N)C(=O)NCCCC)cc1OCC. The molecule has 0 spiro atoms. The van der Waals surface area contributed by atoms with Crippen LogP contribution in [-0.2, 0) is 4.79 Å². The molecule has 0 aliphatic rings. The third-order valence-electron chi connectivity index (χ3n) is 3.07. The third kappa shape index (κ3) is 6.06. The minimum Gasteiger partial charge on any atom is -0.490 e. The van der Waals surface area contributed by atoms with Gasteiger partial charge >= 0.3 is 0 Å². The van der Waals surface area contributed by atoms with E-state index >= 15 is 0 Å². The number of benzene rings is 1. The Morgan fingerprint density at radius 3 is 2.75 bits per heavy atom. The second-order valence-electron chi connectivity index (χ2n) is 4.91. The number of nitrogens with one attached hydrogen (secondary N) is 1. The fourth-order valence-corrected chi connectivity index (χ4v) is 1.91. The predicted molar refractivity (Wildman–Crippen MR) is 93.4 cm³/mol. The van der Waals surface area contributed by atoms with Gasteiger partial charge in [-0.25, -0.2) is 0 Å². The lowest BCUT2D eigenvalue weighted by Crippen LogP contribution is -2.25. The average molecular weight is 326 g/mol. The lowest BCUT2D eigenvalue weighted by molar-refractivity contribution is -0.117. The highest BCUT2D eigenvalue weighted by molar-refractivity contribution is 6.01. The number of rotatable bonds is 9. The smallest absolute Gasteiger partial charge is 0.261 e. The van der Waals surface area contributed by atoms with Gasteiger partial charge in [0.1, 0.15) is 18.2 Å². The van der Waals surface area contributed by atoms with Crippen molar-refractivity contribution < 1.29 is 14.3 Å². The highest BCUT2D eigenvalue weighted by Gasteiger charge is 2.10. The number of nitriles is 1. The van der Waals surface area contributed by atoms with Crippen LogP contribution in [0, 0.1) is 23.7 Å². The fourth-order valence-electron chi connectivity index (χ4n) is 1.91. The Morgan fingerprint density at radius 2 is 2.12 bits per heavy atom. The Morgan fingerprint density at radius 1 is 1.33 bits per heavy atom. The zero-order valence-electron chi connectivity index (χ0n) is 14.1. The van der Waals surface area contributed by atoms with Crippen molar-refractivity contribution in [2.45, 2.75) is 26.7 Å². The molecule has 0 aliphatic carbocycles. The van der Waals surface area contributed by atoms with Crippen LogP contribution >= 0.6 is 0 Å². The van der Waals surface area contributed by atoms with Gasteiger partial charge in [-0.15, -0.1) is 6.42 Å². The molecule has 5 nitrogen and oxygen atoms in total. The van der Waals surface area contributed by atoms with Crippen LogP contribution in [0.25, 0.3) is 6.08 Å².